The van der Waals surface area contributed by atoms with Gasteiger partial charge in [-0.1, -0.05) is 92.2 Å². The van der Waals surface area contributed by atoms with Crippen LogP contribution < -0.4 is 10.6 Å². The quantitative estimate of drug-likeness (QED) is 0.436. The molecule has 0 atom stereocenters. The monoisotopic (exact) mass is 364 g/mol. The number of anilines is 1. The van der Waals surface area contributed by atoms with E-state index < -0.39 is 0 Å². The van der Waals surface area contributed by atoms with Crippen LogP contribution in [-0.4, -0.2) is 12.6 Å². The number of benzene rings is 1. The average Bonchev–Trinajstić information content (AvgIpc) is 2.62. The first-order valence-corrected chi connectivity index (χ1v) is 10.7. The van der Waals surface area contributed by atoms with Crippen LogP contribution >= 0.6 is 0 Å². The molecule has 1 aromatic rings. The second-order valence-electron chi connectivity index (χ2n) is 6.66. The summed E-state index contributed by atoms with van der Waals surface area (Å²) in [5.74, 6) is 0. The molecule has 26 heavy (non-hydrogen) atoms. The molecule has 0 heterocycles. The maximum Gasteiger partial charge on any atom is 0.319 e. The lowest BCUT2D eigenvalue weighted by atomic mass is 10.1. The molecule has 0 aliphatic carbocycles. The minimum atomic E-state index is -0.126. The van der Waals surface area contributed by atoms with Gasteiger partial charge in [0, 0.05) is 12.2 Å². The predicted octanol–water partition coefficient (Wildman–Crippen LogP) is 7.56. The molecular formula is C23H44N2O. The number of aryl methyl sites for hydroxylation is 1. The van der Waals surface area contributed by atoms with Gasteiger partial charge < -0.3 is 10.6 Å². The van der Waals surface area contributed by atoms with Crippen LogP contribution in [-0.2, 0) is 6.42 Å². The fourth-order valence-corrected chi connectivity index (χ4v) is 2.10. The van der Waals surface area contributed by atoms with Crippen LogP contribution in [0.3, 0.4) is 0 Å². The lowest BCUT2D eigenvalue weighted by Crippen LogP contribution is -2.29. The minimum Gasteiger partial charge on any atom is -0.338 e. The number of carbonyl (C=O) groups is 1. The van der Waals surface area contributed by atoms with Gasteiger partial charge in [0.2, 0.25) is 0 Å². The van der Waals surface area contributed by atoms with Crippen molar-refractivity contribution in [3.05, 3.63) is 29.8 Å². The van der Waals surface area contributed by atoms with E-state index in [4.69, 9.17) is 0 Å². The molecule has 1 rings (SSSR count). The maximum atomic E-state index is 11.5. The zero-order chi connectivity index (χ0) is 20.0. The number of unbranched alkanes of at least 4 members (excludes halogenated alkanes) is 4. The van der Waals surface area contributed by atoms with Crippen molar-refractivity contribution in [1.82, 2.24) is 5.32 Å². The highest BCUT2D eigenvalue weighted by Gasteiger charge is 2.00. The fraction of sp³-hybridized carbons (Fsp3) is 0.696. The Morgan fingerprint density at radius 3 is 1.81 bits per heavy atom. The van der Waals surface area contributed by atoms with Crippen molar-refractivity contribution < 1.29 is 4.79 Å². The van der Waals surface area contributed by atoms with Crippen molar-refractivity contribution >= 4 is 11.7 Å². The third kappa shape index (κ3) is 18.8. The number of nitrogens with one attached hydrogen (secondary N) is 2. The molecule has 0 saturated carbocycles. The van der Waals surface area contributed by atoms with E-state index in [-0.39, 0.29) is 6.03 Å². The van der Waals surface area contributed by atoms with Gasteiger partial charge in [0.1, 0.15) is 0 Å². The number of amides is 2. The number of carbonyl (C=O) groups excluding carboxylic acids is 1. The van der Waals surface area contributed by atoms with E-state index in [1.165, 1.54) is 50.5 Å². The zero-order valence-corrected chi connectivity index (χ0v) is 18.3. The Morgan fingerprint density at radius 2 is 1.31 bits per heavy atom. The van der Waals surface area contributed by atoms with Gasteiger partial charge >= 0.3 is 6.03 Å². The summed E-state index contributed by atoms with van der Waals surface area (Å²) in [5.41, 5.74) is 2.20. The molecule has 0 fully saturated rings. The van der Waals surface area contributed by atoms with Crippen molar-refractivity contribution in [1.29, 1.82) is 0 Å². The van der Waals surface area contributed by atoms with Gasteiger partial charge in [0.05, 0.1) is 0 Å². The number of hydrogen-bond donors (Lipinski definition) is 2. The van der Waals surface area contributed by atoms with E-state index in [1.54, 1.807) is 0 Å². The summed E-state index contributed by atoms with van der Waals surface area (Å²) in [6.07, 6.45) is 11.1. The van der Waals surface area contributed by atoms with Gasteiger partial charge in [-0.2, -0.15) is 0 Å². The summed E-state index contributed by atoms with van der Waals surface area (Å²) < 4.78 is 0. The Kier molecular flexibility index (Phi) is 22.1. The van der Waals surface area contributed by atoms with Crippen LogP contribution in [0.5, 0.6) is 0 Å². The van der Waals surface area contributed by atoms with Crippen LogP contribution in [0.25, 0.3) is 0 Å². The highest BCUT2D eigenvalue weighted by atomic mass is 16.2. The molecule has 0 saturated heterocycles. The smallest absolute Gasteiger partial charge is 0.319 e. The third-order valence-electron chi connectivity index (χ3n) is 3.32. The summed E-state index contributed by atoms with van der Waals surface area (Å²) >= 11 is 0. The molecule has 1 aromatic carbocycles. The summed E-state index contributed by atoms with van der Waals surface area (Å²) in [7, 11) is 0. The van der Waals surface area contributed by atoms with E-state index in [0.717, 1.165) is 18.5 Å². The second kappa shape index (κ2) is 21.5. The van der Waals surface area contributed by atoms with E-state index in [1.807, 2.05) is 19.1 Å². The third-order valence-corrected chi connectivity index (χ3v) is 3.32. The average molecular weight is 365 g/mol. The normalized spacial score (nSPS) is 9.31. The van der Waals surface area contributed by atoms with E-state index in [9.17, 15) is 4.79 Å². The van der Waals surface area contributed by atoms with Crippen molar-refractivity contribution in [2.75, 3.05) is 11.9 Å². The van der Waals surface area contributed by atoms with Gasteiger partial charge in [0.15, 0.2) is 0 Å². The summed E-state index contributed by atoms with van der Waals surface area (Å²) in [6, 6.07) is 8.05. The molecule has 3 nitrogen and oxygen atoms in total. The lowest BCUT2D eigenvalue weighted by molar-refractivity contribution is 0.252. The molecule has 0 bridgehead atoms. The van der Waals surface area contributed by atoms with Crippen molar-refractivity contribution in [2.45, 2.75) is 99.3 Å². The topological polar surface area (TPSA) is 41.1 Å². The molecule has 0 aromatic heterocycles. The molecular weight excluding hydrogens is 320 g/mol. The Hall–Kier alpha value is -1.51. The lowest BCUT2D eigenvalue weighted by Gasteiger charge is -2.07. The Morgan fingerprint density at radius 1 is 0.769 bits per heavy atom. The molecule has 0 radical (unpaired) electrons. The van der Waals surface area contributed by atoms with Gasteiger partial charge in [-0.05, 0) is 37.0 Å². The van der Waals surface area contributed by atoms with Crippen LogP contribution in [0.4, 0.5) is 10.5 Å². The standard InChI is InChI=1S/C17H28N2O.2C3H8/c1-3-5-6-7-8-9-15-10-12-16(13-11-15)19-17(20)18-14-4-2;2*1-3-2/h10-13H,3-9,14H2,1-2H3,(H2,18,19,20);2*3H2,1-2H3. The minimum absolute atomic E-state index is 0.126. The molecule has 0 aliphatic heterocycles. The first-order chi connectivity index (χ1) is 12.6. The number of hydrogen-bond acceptors (Lipinski definition) is 1. The molecule has 0 aliphatic rings. The zero-order valence-electron chi connectivity index (χ0n) is 18.3. The highest BCUT2D eigenvalue weighted by molar-refractivity contribution is 5.89. The summed E-state index contributed by atoms with van der Waals surface area (Å²) in [4.78, 5) is 11.5. The van der Waals surface area contributed by atoms with Crippen LogP contribution in [0.15, 0.2) is 24.3 Å². The summed E-state index contributed by atoms with van der Waals surface area (Å²) in [5, 5.41) is 5.64. The van der Waals surface area contributed by atoms with Gasteiger partial charge in [-0.3, -0.25) is 0 Å². The Labute approximate surface area is 163 Å². The van der Waals surface area contributed by atoms with Crippen molar-refractivity contribution in [3.63, 3.8) is 0 Å². The summed E-state index contributed by atoms with van der Waals surface area (Å²) in [6.45, 7) is 13.5. The molecule has 0 spiro atoms. The van der Waals surface area contributed by atoms with E-state index in [0.29, 0.717) is 6.54 Å². The Bertz CT molecular complexity index is 399. The first-order valence-electron chi connectivity index (χ1n) is 10.7. The number of urea groups is 1. The van der Waals surface area contributed by atoms with Gasteiger partial charge in [-0.15, -0.1) is 0 Å². The van der Waals surface area contributed by atoms with Crippen LogP contribution in [0, 0.1) is 0 Å². The van der Waals surface area contributed by atoms with Crippen LogP contribution in [0.2, 0.25) is 0 Å². The van der Waals surface area contributed by atoms with Gasteiger partial charge in [0.25, 0.3) is 0 Å². The maximum absolute atomic E-state index is 11.5. The predicted molar refractivity (Wildman–Crippen MR) is 118 cm³/mol. The van der Waals surface area contributed by atoms with Crippen LogP contribution in [0.1, 0.15) is 98.5 Å². The van der Waals surface area contributed by atoms with E-state index >= 15 is 0 Å². The highest BCUT2D eigenvalue weighted by Crippen LogP contribution is 2.13. The van der Waals surface area contributed by atoms with E-state index in [2.05, 4.69) is 57.4 Å². The molecule has 3 heteroatoms. The van der Waals surface area contributed by atoms with Crippen molar-refractivity contribution in [2.24, 2.45) is 0 Å². The molecule has 2 amide bonds. The first kappa shape index (κ1) is 26.7. The second-order valence-corrected chi connectivity index (χ2v) is 6.66. The van der Waals surface area contributed by atoms with Gasteiger partial charge in [-0.25, -0.2) is 4.79 Å². The number of rotatable bonds is 9. The van der Waals surface area contributed by atoms with Crippen molar-refractivity contribution in [3.8, 4) is 0 Å². The largest absolute Gasteiger partial charge is 0.338 e. The molecule has 2 N–H and O–H groups in total. The SMILES string of the molecule is CCC.CCC.CCCCCCCc1ccc(NC(=O)NCCC)cc1. The molecule has 0 unspecified atom stereocenters. The Balaban J connectivity index is 0. The molecule has 152 valence electrons. The fourth-order valence-electron chi connectivity index (χ4n) is 2.10.